The molecular formula is C7H11NO3. The molecule has 1 aliphatic heterocycles. The summed E-state index contributed by atoms with van der Waals surface area (Å²) in [6.07, 6.45) is 1.17. The van der Waals surface area contributed by atoms with E-state index < -0.39 is 11.4 Å². The Kier molecular flexibility index (Phi) is 1.25. The van der Waals surface area contributed by atoms with E-state index in [1.54, 1.807) is 0 Å². The van der Waals surface area contributed by atoms with Gasteiger partial charge in [-0.1, -0.05) is 0 Å². The summed E-state index contributed by atoms with van der Waals surface area (Å²) in [7, 11) is 0. The van der Waals surface area contributed by atoms with E-state index in [9.17, 15) is 4.79 Å². The van der Waals surface area contributed by atoms with Crippen molar-refractivity contribution in [3.8, 4) is 0 Å². The van der Waals surface area contributed by atoms with Gasteiger partial charge in [-0.2, -0.15) is 0 Å². The van der Waals surface area contributed by atoms with Crippen LogP contribution in [0.1, 0.15) is 12.8 Å². The Morgan fingerprint density at radius 3 is 2.64 bits per heavy atom. The summed E-state index contributed by atoms with van der Waals surface area (Å²) >= 11 is 0. The molecule has 0 aromatic heterocycles. The van der Waals surface area contributed by atoms with Gasteiger partial charge in [-0.15, -0.1) is 0 Å². The summed E-state index contributed by atoms with van der Waals surface area (Å²) in [5.74, 6) is -0.757. The fourth-order valence-electron chi connectivity index (χ4n) is 2.01. The van der Waals surface area contributed by atoms with Gasteiger partial charge >= 0.3 is 5.97 Å². The molecule has 2 bridgehead atoms. The second kappa shape index (κ2) is 1.95. The second-order valence-electron chi connectivity index (χ2n) is 3.51. The molecule has 0 radical (unpaired) electrons. The summed E-state index contributed by atoms with van der Waals surface area (Å²) in [4.78, 5) is 10.8. The van der Waals surface area contributed by atoms with Crippen molar-refractivity contribution in [3.63, 3.8) is 0 Å². The highest BCUT2D eigenvalue weighted by Gasteiger charge is 2.55. The molecule has 1 saturated heterocycles. The first kappa shape index (κ1) is 7.06. The first-order valence-corrected chi connectivity index (χ1v) is 3.75. The number of hydrogen-bond donors (Lipinski definition) is 2. The van der Waals surface area contributed by atoms with Gasteiger partial charge in [0.15, 0.2) is 0 Å². The van der Waals surface area contributed by atoms with Crippen molar-refractivity contribution in [1.82, 2.24) is 0 Å². The SMILES string of the molecule is N[C@@H]1C[C@@]2(C(=O)O)CO[C@@H]1C2. The largest absolute Gasteiger partial charge is 0.481 e. The van der Waals surface area contributed by atoms with Crippen molar-refractivity contribution in [3.05, 3.63) is 0 Å². The summed E-state index contributed by atoms with van der Waals surface area (Å²) in [6, 6.07) is -0.0696. The predicted octanol–water partition coefficient (Wildman–Crippen LogP) is -0.423. The Labute approximate surface area is 64.3 Å². The molecule has 2 rings (SSSR count). The van der Waals surface area contributed by atoms with Crippen molar-refractivity contribution in [2.45, 2.75) is 25.0 Å². The molecule has 4 heteroatoms. The molecule has 0 amide bonds. The van der Waals surface area contributed by atoms with Gasteiger partial charge in [0.05, 0.1) is 18.1 Å². The normalized spacial score (nSPS) is 48.1. The zero-order valence-electron chi connectivity index (χ0n) is 6.12. The molecule has 62 valence electrons. The van der Waals surface area contributed by atoms with Crippen molar-refractivity contribution >= 4 is 5.97 Å². The third kappa shape index (κ3) is 0.795. The standard InChI is InChI=1S/C7H11NO3/c8-4-1-7(6(9)10)2-5(4)11-3-7/h4-5H,1-3,8H2,(H,9,10)/t4-,5-,7+/m1/s1. The fourth-order valence-corrected chi connectivity index (χ4v) is 2.01. The molecule has 1 aliphatic carbocycles. The Bertz CT molecular complexity index is 202. The lowest BCUT2D eigenvalue weighted by Gasteiger charge is -2.23. The number of aliphatic carboxylic acids is 1. The van der Waals surface area contributed by atoms with Crippen LogP contribution in [0.2, 0.25) is 0 Å². The number of nitrogens with two attached hydrogens (primary N) is 1. The maximum atomic E-state index is 10.8. The minimum absolute atomic E-state index is 0.00824. The Balaban J connectivity index is 2.23. The molecule has 0 aromatic carbocycles. The van der Waals surface area contributed by atoms with Crippen molar-refractivity contribution in [2.24, 2.45) is 11.1 Å². The Morgan fingerprint density at radius 2 is 2.36 bits per heavy atom. The van der Waals surface area contributed by atoms with Crippen LogP contribution in [0.3, 0.4) is 0 Å². The molecule has 3 atom stereocenters. The maximum absolute atomic E-state index is 10.8. The van der Waals surface area contributed by atoms with Crippen LogP contribution in [0.5, 0.6) is 0 Å². The van der Waals surface area contributed by atoms with Crippen LogP contribution in [-0.2, 0) is 9.53 Å². The van der Waals surface area contributed by atoms with Crippen LogP contribution in [0.4, 0.5) is 0 Å². The van der Waals surface area contributed by atoms with E-state index in [-0.39, 0.29) is 12.1 Å². The topological polar surface area (TPSA) is 72.6 Å². The maximum Gasteiger partial charge on any atom is 0.312 e. The average molecular weight is 157 g/mol. The van der Waals surface area contributed by atoms with Crippen LogP contribution in [0.15, 0.2) is 0 Å². The zero-order valence-corrected chi connectivity index (χ0v) is 6.12. The monoisotopic (exact) mass is 157 g/mol. The predicted molar refractivity (Wildman–Crippen MR) is 37.0 cm³/mol. The molecule has 0 aromatic rings. The molecule has 4 nitrogen and oxygen atoms in total. The molecule has 1 saturated carbocycles. The highest BCUT2D eigenvalue weighted by molar-refractivity contribution is 5.76. The van der Waals surface area contributed by atoms with Crippen LogP contribution in [0, 0.1) is 5.41 Å². The van der Waals surface area contributed by atoms with Crippen molar-refractivity contribution in [2.75, 3.05) is 6.61 Å². The number of carboxylic acid groups (broad SMARTS) is 1. The Hall–Kier alpha value is -0.610. The fraction of sp³-hybridized carbons (Fsp3) is 0.857. The number of carboxylic acids is 1. The van der Waals surface area contributed by atoms with Gasteiger partial charge < -0.3 is 15.6 Å². The van der Waals surface area contributed by atoms with Gasteiger partial charge in [0.1, 0.15) is 0 Å². The highest BCUT2D eigenvalue weighted by atomic mass is 16.5. The lowest BCUT2D eigenvalue weighted by atomic mass is 9.88. The molecular weight excluding hydrogens is 146 g/mol. The number of fused-ring (bicyclic) bond motifs is 2. The van der Waals surface area contributed by atoms with Crippen LogP contribution < -0.4 is 5.73 Å². The van der Waals surface area contributed by atoms with Gasteiger partial charge in [-0.05, 0) is 12.8 Å². The lowest BCUT2D eigenvalue weighted by molar-refractivity contribution is -0.150. The number of hydrogen-bond acceptors (Lipinski definition) is 3. The third-order valence-electron chi connectivity index (χ3n) is 2.72. The first-order valence-electron chi connectivity index (χ1n) is 3.75. The van der Waals surface area contributed by atoms with Gasteiger partial charge in [0.25, 0.3) is 0 Å². The van der Waals surface area contributed by atoms with Gasteiger partial charge in [-0.3, -0.25) is 4.79 Å². The zero-order chi connectivity index (χ0) is 8.06. The summed E-state index contributed by atoms with van der Waals surface area (Å²) in [5, 5.41) is 8.87. The van der Waals surface area contributed by atoms with Crippen LogP contribution in [-0.4, -0.2) is 29.8 Å². The van der Waals surface area contributed by atoms with E-state index in [0.29, 0.717) is 19.4 Å². The smallest absolute Gasteiger partial charge is 0.312 e. The number of ether oxygens (including phenoxy) is 1. The highest BCUT2D eigenvalue weighted by Crippen LogP contribution is 2.45. The minimum atomic E-state index is -0.757. The first-order chi connectivity index (χ1) is 5.14. The number of carbonyl (C=O) groups is 1. The van der Waals surface area contributed by atoms with E-state index in [4.69, 9.17) is 15.6 Å². The van der Waals surface area contributed by atoms with E-state index in [0.717, 1.165) is 0 Å². The van der Waals surface area contributed by atoms with Crippen molar-refractivity contribution in [1.29, 1.82) is 0 Å². The molecule has 1 heterocycles. The lowest BCUT2D eigenvalue weighted by Crippen LogP contribution is -2.39. The minimum Gasteiger partial charge on any atom is -0.481 e. The van der Waals surface area contributed by atoms with Crippen LogP contribution >= 0.6 is 0 Å². The number of rotatable bonds is 1. The van der Waals surface area contributed by atoms with E-state index in [1.807, 2.05) is 0 Å². The molecule has 11 heavy (non-hydrogen) atoms. The average Bonchev–Trinajstić information content (AvgIpc) is 2.44. The molecule has 2 fully saturated rings. The van der Waals surface area contributed by atoms with Crippen LogP contribution in [0.25, 0.3) is 0 Å². The Morgan fingerprint density at radius 1 is 1.64 bits per heavy atom. The van der Waals surface area contributed by atoms with Gasteiger partial charge in [0, 0.05) is 6.04 Å². The summed E-state index contributed by atoms with van der Waals surface area (Å²) in [6.45, 7) is 0.348. The second-order valence-corrected chi connectivity index (χ2v) is 3.51. The molecule has 3 N–H and O–H groups in total. The molecule has 0 unspecified atom stereocenters. The van der Waals surface area contributed by atoms with Gasteiger partial charge in [-0.25, -0.2) is 0 Å². The summed E-state index contributed by atoms with van der Waals surface area (Å²) < 4.78 is 5.22. The molecule has 0 spiro atoms. The van der Waals surface area contributed by atoms with E-state index in [1.165, 1.54) is 0 Å². The van der Waals surface area contributed by atoms with E-state index in [2.05, 4.69) is 0 Å². The molecule has 2 aliphatic rings. The van der Waals surface area contributed by atoms with Gasteiger partial charge in [0.2, 0.25) is 0 Å². The van der Waals surface area contributed by atoms with E-state index >= 15 is 0 Å². The summed E-state index contributed by atoms with van der Waals surface area (Å²) in [5.41, 5.74) is 5.01. The third-order valence-corrected chi connectivity index (χ3v) is 2.72. The quantitative estimate of drug-likeness (QED) is 0.542. The van der Waals surface area contributed by atoms with Crippen molar-refractivity contribution < 1.29 is 14.6 Å².